The van der Waals surface area contributed by atoms with Crippen LogP contribution in [0.4, 0.5) is 5.69 Å². The minimum Gasteiger partial charge on any atom is -0.494 e. The number of hydrogen-bond donors (Lipinski definition) is 2. The van der Waals surface area contributed by atoms with Crippen molar-refractivity contribution in [3.8, 4) is 5.75 Å². The molecule has 0 unspecified atom stereocenters. The lowest BCUT2D eigenvalue weighted by Crippen LogP contribution is -2.44. The summed E-state index contributed by atoms with van der Waals surface area (Å²) in [6, 6.07) is 10.9. The van der Waals surface area contributed by atoms with Gasteiger partial charge in [-0.15, -0.1) is 0 Å². The van der Waals surface area contributed by atoms with Crippen molar-refractivity contribution < 1.29 is 19.1 Å². The molecular formula is C22H23N3O4. The summed E-state index contributed by atoms with van der Waals surface area (Å²) in [5.41, 5.74) is 1.55. The molecule has 4 rings (SSSR count). The summed E-state index contributed by atoms with van der Waals surface area (Å²) in [5, 5.41) is 5.80. The largest absolute Gasteiger partial charge is 0.494 e. The van der Waals surface area contributed by atoms with Gasteiger partial charge in [0.1, 0.15) is 5.75 Å². The molecule has 0 spiro atoms. The van der Waals surface area contributed by atoms with E-state index < -0.39 is 17.9 Å². The van der Waals surface area contributed by atoms with E-state index in [0.29, 0.717) is 18.8 Å². The number of carbonyl (C=O) groups is 2. The lowest BCUT2D eigenvalue weighted by molar-refractivity contribution is -0.131. The standard InChI is InChI=1S/C22H23N3O4/c1-2-28-16-7-5-15(6-8-16)25-22(27)20-18-10-9-17(29-18)19(20)21(26)24-13-14-4-3-11-23-12-14/h3-12,17-20H,2,13H2,1H3,(H,24,26)(H,25,27)/t17-,18+,19+,20-/m1/s1. The number of fused-ring (bicyclic) bond motifs is 2. The zero-order valence-corrected chi connectivity index (χ0v) is 16.1. The number of benzene rings is 1. The Morgan fingerprint density at radius 1 is 1.07 bits per heavy atom. The van der Waals surface area contributed by atoms with Crippen molar-refractivity contribution in [1.82, 2.24) is 10.3 Å². The molecule has 3 heterocycles. The van der Waals surface area contributed by atoms with Crippen molar-refractivity contribution in [1.29, 1.82) is 0 Å². The molecule has 4 atom stereocenters. The number of nitrogens with zero attached hydrogens (tertiary/aromatic N) is 1. The second-order valence-corrected chi connectivity index (χ2v) is 7.03. The van der Waals surface area contributed by atoms with Crippen molar-refractivity contribution in [2.24, 2.45) is 11.8 Å². The third-order valence-electron chi connectivity index (χ3n) is 5.13. The molecule has 0 radical (unpaired) electrons. The van der Waals surface area contributed by atoms with E-state index in [1.165, 1.54) is 0 Å². The number of amides is 2. The van der Waals surface area contributed by atoms with Gasteiger partial charge < -0.3 is 20.1 Å². The van der Waals surface area contributed by atoms with E-state index >= 15 is 0 Å². The average Bonchev–Trinajstić information content (AvgIpc) is 3.36. The molecule has 2 bridgehead atoms. The summed E-state index contributed by atoms with van der Waals surface area (Å²) in [6.45, 7) is 2.85. The van der Waals surface area contributed by atoms with Crippen LogP contribution in [-0.4, -0.2) is 35.6 Å². The van der Waals surface area contributed by atoms with Crippen LogP contribution >= 0.6 is 0 Å². The first kappa shape index (κ1) is 19.1. The summed E-state index contributed by atoms with van der Waals surface area (Å²) >= 11 is 0. The lowest BCUT2D eigenvalue weighted by atomic mass is 9.81. The van der Waals surface area contributed by atoms with E-state index in [1.54, 1.807) is 36.7 Å². The summed E-state index contributed by atoms with van der Waals surface area (Å²) in [4.78, 5) is 29.9. The van der Waals surface area contributed by atoms with Crippen molar-refractivity contribution in [2.75, 3.05) is 11.9 Å². The van der Waals surface area contributed by atoms with Crippen molar-refractivity contribution in [3.63, 3.8) is 0 Å². The first-order valence-corrected chi connectivity index (χ1v) is 9.70. The summed E-state index contributed by atoms with van der Waals surface area (Å²) in [5.74, 6) is -0.829. The molecule has 29 heavy (non-hydrogen) atoms. The van der Waals surface area contributed by atoms with Gasteiger partial charge in [-0.2, -0.15) is 0 Å². The number of aromatic nitrogens is 1. The van der Waals surface area contributed by atoms with Crippen LogP contribution < -0.4 is 15.4 Å². The van der Waals surface area contributed by atoms with Gasteiger partial charge in [0.15, 0.2) is 0 Å². The van der Waals surface area contributed by atoms with Crippen molar-refractivity contribution in [2.45, 2.75) is 25.7 Å². The van der Waals surface area contributed by atoms with Gasteiger partial charge in [-0.05, 0) is 42.8 Å². The molecule has 7 nitrogen and oxygen atoms in total. The maximum Gasteiger partial charge on any atom is 0.231 e. The van der Waals surface area contributed by atoms with Crippen LogP contribution in [-0.2, 0) is 20.9 Å². The molecule has 2 aliphatic heterocycles. The minimum atomic E-state index is -0.578. The van der Waals surface area contributed by atoms with Crippen LogP contribution in [0.2, 0.25) is 0 Å². The van der Waals surface area contributed by atoms with Crippen LogP contribution in [0.1, 0.15) is 12.5 Å². The van der Waals surface area contributed by atoms with E-state index in [2.05, 4.69) is 15.6 Å². The molecule has 0 saturated carbocycles. The normalized spacial score (nSPS) is 24.3. The molecule has 1 saturated heterocycles. The number of anilines is 1. The summed E-state index contributed by atoms with van der Waals surface area (Å²) in [6.07, 6.45) is 6.33. The molecule has 2 aromatic rings. The fourth-order valence-electron chi connectivity index (χ4n) is 3.77. The highest BCUT2D eigenvalue weighted by Gasteiger charge is 2.52. The van der Waals surface area contributed by atoms with E-state index in [9.17, 15) is 9.59 Å². The Labute approximate surface area is 169 Å². The van der Waals surface area contributed by atoms with E-state index in [-0.39, 0.29) is 17.9 Å². The summed E-state index contributed by atoms with van der Waals surface area (Å²) in [7, 11) is 0. The zero-order valence-electron chi connectivity index (χ0n) is 16.1. The van der Waals surface area contributed by atoms with Gasteiger partial charge >= 0.3 is 0 Å². The zero-order chi connectivity index (χ0) is 20.2. The second-order valence-electron chi connectivity index (χ2n) is 7.03. The van der Waals surface area contributed by atoms with Gasteiger partial charge in [0, 0.05) is 24.6 Å². The fourth-order valence-corrected chi connectivity index (χ4v) is 3.77. The molecule has 1 aromatic heterocycles. The lowest BCUT2D eigenvalue weighted by Gasteiger charge is -2.23. The van der Waals surface area contributed by atoms with E-state index in [4.69, 9.17) is 9.47 Å². The second kappa shape index (κ2) is 8.45. The molecule has 2 amide bonds. The maximum absolute atomic E-state index is 13.0. The Balaban J connectivity index is 1.42. The van der Waals surface area contributed by atoms with Gasteiger partial charge in [0.05, 0.1) is 30.7 Å². The minimum absolute atomic E-state index is 0.197. The van der Waals surface area contributed by atoms with Crippen LogP contribution in [0.15, 0.2) is 60.9 Å². The quantitative estimate of drug-likeness (QED) is 0.705. The monoisotopic (exact) mass is 393 g/mol. The van der Waals surface area contributed by atoms with E-state index in [0.717, 1.165) is 11.3 Å². The highest BCUT2D eigenvalue weighted by Crippen LogP contribution is 2.40. The Morgan fingerprint density at radius 2 is 1.79 bits per heavy atom. The predicted octanol–water partition coefficient (Wildman–Crippen LogP) is 2.30. The molecule has 2 N–H and O–H groups in total. The SMILES string of the molecule is CCOc1ccc(NC(=O)[C@H]2[C@@H](C(=O)NCc3cccnc3)[C@H]3C=C[C@@H]2O3)cc1. The van der Waals surface area contributed by atoms with Gasteiger partial charge in [-0.3, -0.25) is 14.6 Å². The molecule has 150 valence electrons. The van der Waals surface area contributed by atoms with Crippen molar-refractivity contribution in [3.05, 3.63) is 66.5 Å². The number of hydrogen-bond acceptors (Lipinski definition) is 5. The van der Waals surface area contributed by atoms with Crippen LogP contribution in [0.25, 0.3) is 0 Å². The third-order valence-corrected chi connectivity index (χ3v) is 5.13. The fraction of sp³-hybridized carbons (Fsp3) is 0.318. The first-order valence-electron chi connectivity index (χ1n) is 9.70. The van der Waals surface area contributed by atoms with Gasteiger partial charge in [0.2, 0.25) is 11.8 Å². The Kier molecular flexibility index (Phi) is 5.57. The Morgan fingerprint density at radius 3 is 2.45 bits per heavy atom. The van der Waals surface area contributed by atoms with Crippen LogP contribution in [0.3, 0.4) is 0 Å². The molecule has 2 aliphatic rings. The number of rotatable bonds is 7. The maximum atomic E-state index is 13.0. The van der Waals surface area contributed by atoms with Gasteiger partial charge in [-0.1, -0.05) is 18.2 Å². The first-order chi connectivity index (χ1) is 14.2. The molecule has 1 fully saturated rings. The van der Waals surface area contributed by atoms with Crippen LogP contribution in [0.5, 0.6) is 5.75 Å². The average molecular weight is 393 g/mol. The Hall–Kier alpha value is -3.19. The number of carbonyl (C=O) groups excluding carboxylic acids is 2. The van der Waals surface area contributed by atoms with Crippen molar-refractivity contribution >= 4 is 17.5 Å². The Bertz CT molecular complexity index is 898. The van der Waals surface area contributed by atoms with Crippen LogP contribution in [0, 0.1) is 11.8 Å². The highest BCUT2D eigenvalue weighted by molar-refractivity contribution is 5.97. The topological polar surface area (TPSA) is 89.5 Å². The number of nitrogens with one attached hydrogen (secondary N) is 2. The van der Waals surface area contributed by atoms with Gasteiger partial charge in [-0.25, -0.2) is 0 Å². The highest BCUT2D eigenvalue weighted by atomic mass is 16.5. The smallest absolute Gasteiger partial charge is 0.231 e. The number of pyridine rings is 1. The summed E-state index contributed by atoms with van der Waals surface area (Å²) < 4.78 is 11.2. The molecule has 0 aliphatic carbocycles. The number of ether oxygens (including phenoxy) is 2. The molecule has 1 aromatic carbocycles. The van der Waals surface area contributed by atoms with Gasteiger partial charge in [0.25, 0.3) is 0 Å². The predicted molar refractivity (Wildman–Crippen MR) is 107 cm³/mol. The third kappa shape index (κ3) is 4.14. The molecular weight excluding hydrogens is 370 g/mol. The van der Waals surface area contributed by atoms with E-state index in [1.807, 2.05) is 31.2 Å². The molecule has 7 heteroatoms.